The van der Waals surface area contributed by atoms with Gasteiger partial charge in [0.05, 0.1) is 11.0 Å². The molecule has 0 aliphatic heterocycles. The molecule has 0 radical (unpaired) electrons. The smallest absolute Gasteiger partial charge is 0.270 e. The molecule has 0 aliphatic rings. The molecule has 0 spiro atoms. The Balaban J connectivity index is 2.22. The van der Waals surface area contributed by atoms with Gasteiger partial charge in [0.25, 0.3) is 5.69 Å². The largest absolute Gasteiger partial charge is 0.485 e. The summed E-state index contributed by atoms with van der Waals surface area (Å²) in [6, 6.07) is 4.10. The van der Waals surface area contributed by atoms with Crippen molar-refractivity contribution < 1.29 is 14.8 Å². The van der Waals surface area contributed by atoms with E-state index in [9.17, 15) is 15.2 Å². The highest BCUT2D eigenvalue weighted by Crippen LogP contribution is 2.29. The predicted molar refractivity (Wildman–Crippen MR) is 69.1 cm³/mol. The zero-order chi connectivity index (χ0) is 14.7. The number of ether oxygens (including phenoxy) is 1. The number of aryl methyl sites for hydroxylation is 1. The monoisotopic (exact) mass is 278 g/mol. The summed E-state index contributed by atoms with van der Waals surface area (Å²) in [5.74, 6) is 0.994. The van der Waals surface area contributed by atoms with E-state index >= 15 is 0 Å². The van der Waals surface area contributed by atoms with E-state index in [0.717, 1.165) is 0 Å². The topological polar surface area (TPSA) is 103 Å². The summed E-state index contributed by atoms with van der Waals surface area (Å²) < 4.78 is 7.25. The van der Waals surface area contributed by atoms with Gasteiger partial charge in [0.15, 0.2) is 5.82 Å². The summed E-state index contributed by atoms with van der Waals surface area (Å²) in [6.07, 6.45) is 0.675. The Morgan fingerprint density at radius 2 is 2.30 bits per heavy atom. The molecule has 1 aromatic heterocycles. The minimum atomic E-state index is -0.871. The third kappa shape index (κ3) is 2.91. The van der Waals surface area contributed by atoms with Crippen LogP contribution < -0.4 is 4.74 Å². The average Bonchev–Trinajstić information content (AvgIpc) is 2.81. The molecule has 0 aliphatic carbocycles. The van der Waals surface area contributed by atoms with Crippen LogP contribution >= 0.6 is 0 Å². The molecule has 1 N–H and O–H groups in total. The van der Waals surface area contributed by atoms with Crippen molar-refractivity contribution in [1.29, 1.82) is 0 Å². The lowest BCUT2D eigenvalue weighted by atomic mass is 10.1. The van der Waals surface area contributed by atoms with Crippen LogP contribution in [0.15, 0.2) is 24.5 Å². The Labute approximate surface area is 114 Å². The summed E-state index contributed by atoms with van der Waals surface area (Å²) in [6.45, 7) is 1.68. The molecule has 1 aromatic carbocycles. The molecule has 0 bridgehead atoms. The second kappa shape index (κ2) is 5.66. The van der Waals surface area contributed by atoms with Gasteiger partial charge in [0, 0.05) is 24.7 Å². The van der Waals surface area contributed by atoms with Gasteiger partial charge in [0.1, 0.15) is 18.7 Å². The van der Waals surface area contributed by atoms with Gasteiger partial charge in [-0.25, -0.2) is 0 Å². The highest BCUT2D eigenvalue weighted by Gasteiger charge is 2.16. The van der Waals surface area contributed by atoms with E-state index in [0.29, 0.717) is 17.1 Å². The van der Waals surface area contributed by atoms with Crippen LogP contribution in [0.25, 0.3) is 0 Å². The van der Waals surface area contributed by atoms with E-state index in [1.54, 1.807) is 17.9 Å². The van der Waals surface area contributed by atoms with E-state index in [4.69, 9.17) is 4.74 Å². The molecular formula is C12H14N4O4. The molecule has 8 heteroatoms. The first-order chi connectivity index (χ1) is 9.49. The maximum atomic E-state index is 10.7. The fourth-order valence-corrected chi connectivity index (χ4v) is 1.69. The van der Waals surface area contributed by atoms with Crippen LogP contribution in [0.5, 0.6) is 5.75 Å². The molecule has 1 atom stereocenters. The van der Waals surface area contributed by atoms with E-state index in [2.05, 4.69) is 10.2 Å². The van der Waals surface area contributed by atoms with Crippen molar-refractivity contribution in [2.45, 2.75) is 19.6 Å². The Hall–Kier alpha value is -2.48. The van der Waals surface area contributed by atoms with Crippen molar-refractivity contribution in [3.8, 4) is 5.75 Å². The van der Waals surface area contributed by atoms with Crippen LogP contribution in [0.1, 0.15) is 24.4 Å². The predicted octanol–water partition coefficient (Wildman–Crippen LogP) is 1.36. The quantitative estimate of drug-likeness (QED) is 0.654. The summed E-state index contributed by atoms with van der Waals surface area (Å²) in [5.41, 5.74) is 0.272. The van der Waals surface area contributed by atoms with E-state index in [1.807, 2.05) is 0 Å². The van der Waals surface area contributed by atoms with Gasteiger partial charge in [-0.15, -0.1) is 10.2 Å². The molecule has 106 valence electrons. The normalized spacial score (nSPS) is 12.2. The Kier molecular flexibility index (Phi) is 3.94. The fourth-order valence-electron chi connectivity index (χ4n) is 1.69. The SMILES string of the molecule is CC(O)c1cc([N+](=O)[O-])ccc1OCc1nncn1C. The van der Waals surface area contributed by atoms with Gasteiger partial charge >= 0.3 is 0 Å². The molecule has 0 saturated heterocycles. The van der Waals surface area contributed by atoms with Crippen molar-refractivity contribution in [1.82, 2.24) is 14.8 Å². The number of aliphatic hydroxyl groups is 1. The summed E-state index contributed by atoms with van der Waals surface area (Å²) >= 11 is 0. The third-order valence-electron chi connectivity index (χ3n) is 2.82. The van der Waals surface area contributed by atoms with Crippen molar-refractivity contribution in [2.24, 2.45) is 7.05 Å². The second-order valence-electron chi connectivity index (χ2n) is 4.30. The number of nitro benzene ring substituents is 1. The van der Waals surface area contributed by atoms with Crippen molar-refractivity contribution >= 4 is 5.69 Å². The molecule has 0 saturated carbocycles. The number of rotatable bonds is 5. The number of non-ortho nitro benzene ring substituents is 1. The number of nitro groups is 1. The number of nitrogens with zero attached hydrogens (tertiary/aromatic N) is 4. The Bertz CT molecular complexity index is 624. The summed E-state index contributed by atoms with van der Waals surface area (Å²) in [7, 11) is 1.78. The van der Waals surface area contributed by atoms with Crippen molar-refractivity contribution in [3.63, 3.8) is 0 Å². The Morgan fingerprint density at radius 1 is 1.55 bits per heavy atom. The average molecular weight is 278 g/mol. The van der Waals surface area contributed by atoms with Crippen molar-refractivity contribution in [2.75, 3.05) is 0 Å². The molecule has 0 fully saturated rings. The highest BCUT2D eigenvalue weighted by molar-refractivity contribution is 5.44. The van der Waals surface area contributed by atoms with E-state index < -0.39 is 11.0 Å². The molecule has 1 heterocycles. The van der Waals surface area contributed by atoms with Gasteiger partial charge in [-0.05, 0) is 13.0 Å². The number of hydrogen-bond donors (Lipinski definition) is 1. The number of aromatic nitrogens is 3. The standard InChI is InChI=1S/C12H14N4O4/c1-8(17)10-5-9(16(18)19)3-4-11(10)20-6-12-14-13-7-15(12)2/h3-5,7-8,17H,6H2,1-2H3. The molecule has 8 nitrogen and oxygen atoms in total. The summed E-state index contributed by atoms with van der Waals surface area (Å²) in [4.78, 5) is 10.2. The van der Waals surface area contributed by atoms with Crippen LogP contribution in [-0.2, 0) is 13.7 Å². The zero-order valence-corrected chi connectivity index (χ0v) is 11.1. The zero-order valence-electron chi connectivity index (χ0n) is 11.1. The van der Waals surface area contributed by atoms with Gasteiger partial charge in [-0.1, -0.05) is 0 Å². The lowest BCUT2D eigenvalue weighted by molar-refractivity contribution is -0.385. The molecule has 20 heavy (non-hydrogen) atoms. The fraction of sp³-hybridized carbons (Fsp3) is 0.333. The number of hydrogen-bond acceptors (Lipinski definition) is 6. The molecule has 0 amide bonds. The number of aliphatic hydroxyl groups excluding tert-OH is 1. The Morgan fingerprint density at radius 3 is 2.85 bits per heavy atom. The van der Waals surface area contributed by atoms with Crippen LogP contribution in [0, 0.1) is 10.1 Å². The first-order valence-corrected chi connectivity index (χ1v) is 5.91. The molecule has 2 aromatic rings. The minimum Gasteiger partial charge on any atom is -0.485 e. The van der Waals surface area contributed by atoms with Gasteiger partial charge < -0.3 is 14.4 Å². The van der Waals surface area contributed by atoms with E-state index in [-0.39, 0.29) is 12.3 Å². The molecule has 1 unspecified atom stereocenters. The van der Waals surface area contributed by atoms with Gasteiger partial charge in [0.2, 0.25) is 0 Å². The van der Waals surface area contributed by atoms with Crippen LogP contribution in [-0.4, -0.2) is 24.8 Å². The second-order valence-corrected chi connectivity index (χ2v) is 4.30. The lowest BCUT2D eigenvalue weighted by Gasteiger charge is -2.12. The number of benzene rings is 1. The first-order valence-electron chi connectivity index (χ1n) is 5.91. The third-order valence-corrected chi connectivity index (χ3v) is 2.82. The lowest BCUT2D eigenvalue weighted by Crippen LogP contribution is -2.06. The van der Waals surface area contributed by atoms with Crippen LogP contribution in [0.2, 0.25) is 0 Å². The maximum absolute atomic E-state index is 10.7. The highest BCUT2D eigenvalue weighted by atomic mass is 16.6. The molecular weight excluding hydrogens is 264 g/mol. The maximum Gasteiger partial charge on any atom is 0.270 e. The van der Waals surface area contributed by atoms with Crippen LogP contribution in [0.3, 0.4) is 0 Å². The van der Waals surface area contributed by atoms with Gasteiger partial charge in [-0.3, -0.25) is 10.1 Å². The minimum absolute atomic E-state index is 0.0908. The van der Waals surface area contributed by atoms with Gasteiger partial charge in [-0.2, -0.15) is 0 Å². The molecule has 2 rings (SSSR count). The summed E-state index contributed by atoms with van der Waals surface area (Å²) in [5, 5.41) is 28.0. The van der Waals surface area contributed by atoms with Crippen LogP contribution in [0.4, 0.5) is 5.69 Å². The first kappa shape index (κ1) is 13.9. The van der Waals surface area contributed by atoms with E-state index in [1.165, 1.54) is 25.1 Å². The van der Waals surface area contributed by atoms with Crippen molar-refractivity contribution in [3.05, 3.63) is 46.0 Å².